The van der Waals surface area contributed by atoms with E-state index in [0.717, 1.165) is 19.5 Å². The van der Waals surface area contributed by atoms with Crippen LogP contribution in [0.3, 0.4) is 0 Å². The van der Waals surface area contributed by atoms with Gasteiger partial charge >= 0.3 is 6.03 Å². The maximum absolute atomic E-state index is 11.6. The van der Waals surface area contributed by atoms with Crippen LogP contribution in [0.4, 0.5) is 4.79 Å². The first kappa shape index (κ1) is 12.9. The Labute approximate surface area is 109 Å². The third kappa shape index (κ3) is 2.84. The minimum atomic E-state index is -0.0425. The van der Waals surface area contributed by atoms with Gasteiger partial charge in [0.2, 0.25) is 0 Å². The van der Waals surface area contributed by atoms with Crippen molar-refractivity contribution < 1.29 is 4.79 Å². The second-order valence-electron chi connectivity index (χ2n) is 5.11. The first-order valence-electron chi connectivity index (χ1n) is 6.84. The molecule has 0 aliphatic heterocycles. The largest absolute Gasteiger partial charge is 0.338 e. The summed E-state index contributed by atoms with van der Waals surface area (Å²) in [6, 6.07) is 10.5. The maximum atomic E-state index is 11.6. The lowest BCUT2D eigenvalue weighted by molar-refractivity contribution is 0.215. The van der Waals surface area contributed by atoms with E-state index in [2.05, 4.69) is 41.8 Å². The number of nitrogens with one attached hydrogen (secondary N) is 2. The first-order valence-corrected chi connectivity index (χ1v) is 6.84. The highest BCUT2D eigenvalue weighted by molar-refractivity contribution is 5.73. The van der Waals surface area contributed by atoms with Crippen LogP contribution in [-0.2, 0) is 5.41 Å². The van der Waals surface area contributed by atoms with E-state index in [4.69, 9.17) is 0 Å². The van der Waals surface area contributed by atoms with Crippen LogP contribution in [0.15, 0.2) is 30.3 Å². The molecule has 1 aromatic carbocycles. The predicted octanol–water partition coefficient (Wildman–Crippen LogP) is 2.82. The van der Waals surface area contributed by atoms with Crippen LogP contribution >= 0.6 is 0 Å². The number of urea groups is 1. The molecule has 1 aliphatic carbocycles. The van der Waals surface area contributed by atoms with E-state index in [9.17, 15) is 4.79 Å². The molecule has 1 saturated carbocycles. The van der Waals surface area contributed by atoms with E-state index in [1.54, 1.807) is 0 Å². The van der Waals surface area contributed by atoms with Crippen molar-refractivity contribution in [3.8, 4) is 0 Å². The van der Waals surface area contributed by atoms with Crippen molar-refractivity contribution in [2.24, 2.45) is 0 Å². The number of benzene rings is 1. The standard InChI is InChI=1S/C15H22N2O/c1-2-11-16-14(18)17-12-15(9-6-10-15)13-7-4-3-5-8-13/h3-5,7-8H,2,6,9-12H2,1H3,(H2,16,17,18). The van der Waals surface area contributed by atoms with Crippen LogP contribution in [0.2, 0.25) is 0 Å². The Balaban J connectivity index is 1.91. The third-order valence-electron chi connectivity index (χ3n) is 3.82. The SMILES string of the molecule is CCCNC(=O)NCC1(c2ccccc2)CCC1. The quantitative estimate of drug-likeness (QED) is 0.824. The molecule has 3 heteroatoms. The van der Waals surface area contributed by atoms with Gasteiger partial charge in [0.05, 0.1) is 0 Å². The monoisotopic (exact) mass is 246 g/mol. The normalized spacial score (nSPS) is 16.7. The fourth-order valence-corrected chi connectivity index (χ4v) is 2.51. The van der Waals surface area contributed by atoms with Gasteiger partial charge in [-0.1, -0.05) is 43.7 Å². The molecule has 1 fully saturated rings. The lowest BCUT2D eigenvalue weighted by Gasteiger charge is -2.42. The van der Waals surface area contributed by atoms with Crippen LogP contribution in [0.5, 0.6) is 0 Å². The van der Waals surface area contributed by atoms with Crippen LogP contribution < -0.4 is 10.6 Å². The van der Waals surface area contributed by atoms with E-state index in [-0.39, 0.29) is 11.4 Å². The molecule has 18 heavy (non-hydrogen) atoms. The molecule has 98 valence electrons. The second-order valence-corrected chi connectivity index (χ2v) is 5.11. The molecule has 0 bridgehead atoms. The van der Waals surface area contributed by atoms with Crippen molar-refractivity contribution in [3.63, 3.8) is 0 Å². The summed E-state index contributed by atoms with van der Waals surface area (Å²) in [7, 11) is 0. The van der Waals surface area contributed by atoms with Crippen molar-refractivity contribution in [1.82, 2.24) is 10.6 Å². The van der Waals surface area contributed by atoms with Gasteiger partial charge in [0.1, 0.15) is 0 Å². The zero-order valence-electron chi connectivity index (χ0n) is 11.0. The topological polar surface area (TPSA) is 41.1 Å². The molecule has 2 rings (SSSR count). The number of carbonyl (C=O) groups excluding carboxylic acids is 1. The van der Waals surface area contributed by atoms with E-state index >= 15 is 0 Å². The minimum Gasteiger partial charge on any atom is -0.338 e. The highest BCUT2D eigenvalue weighted by Crippen LogP contribution is 2.42. The summed E-state index contributed by atoms with van der Waals surface area (Å²) in [5.41, 5.74) is 1.53. The van der Waals surface area contributed by atoms with Crippen molar-refractivity contribution in [2.45, 2.75) is 38.0 Å². The summed E-state index contributed by atoms with van der Waals surface area (Å²) in [4.78, 5) is 11.6. The molecular formula is C15H22N2O. The molecule has 0 aromatic heterocycles. The molecule has 0 radical (unpaired) electrons. The van der Waals surface area contributed by atoms with Gasteiger partial charge in [-0.05, 0) is 24.8 Å². The predicted molar refractivity (Wildman–Crippen MR) is 73.7 cm³/mol. The van der Waals surface area contributed by atoms with Crippen LogP contribution in [0.1, 0.15) is 38.2 Å². The van der Waals surface area contributed by atoms with E-state index in [1.165, 1.54) is 24.8 Å². The molecule has 0 spiro atoms. The Bertz CT molecular complexity index is 385. The zero-order valence-corrected chi connectivity index (χ0v) is 11.0. The number of amides is 2. The van der Waals surface area contributed by atoms with Gasteiger partial charge < -0.3 is 10.6 Å². The van der Waals surface area contributed by atoms with Gasteiger partial charge in [-0.15, -0.1) is 0 Å². The lowest BCUT2D eigenvalue weighted by Crippen LogP contribution is -2.48. The summed E-state index contributed by atoms with van der Waals surface area (Å²) in [5.74, 6) is 0. The number of hydrogen-bond donors (Lipinski definition) is 2. The third-order valence-corrected chi connectivity index (χ3v) is 3.82. The van der Waals surface area contributed by atoms with Crippen molar-refractivity contribution in [2.75, 3.05) is 13.1 Å². The Morgan fingerprint density at radius 2 is 1.94 bits per heavy atom. The number of carbonyl (C=O) groups is 1. The number of hydrogen-bond acceptors (Lipinski definition) is 1. The van der Waals surface area contributed by atoms with Crippen LogP contribution in [-0.4, -0.2) is 19.1 Å². The van der Waals surface area contributed by atoms with Crippen molar-refractivity contribution in [1.29, 1.82) is 0 Å². The Morgan fingerprint density at radius 1 is 1.22 bits per heavy atom. The van der Waals surface area contributed by atoms with Gasteiger partial charge in [-0.2, -0.15) is 0 Å². The summed E-state index contributed by atoms with van der Waals surface area (Å²) in [6.07, 6.45) is 4.57. The first-order chi connectivity index (χ1) is 8.77. The van der Waals surface area contributed by atoms with Crippen molar-refractivity contribution >= 4 is 6.03 Å². The Kier molecular flexibility index (Phi) is 4.24. The summed E-state index contributed by atoms with van der Waals surface area (Å²) in [5, 5.41) is 5.86. The Hall–Kier alpha value is -1.51. The van der Waals surface area contributed by atoms with Gasteiger partial charge in [0, 0.05) is 18.5 Å². The molecular weight excluding hydrogens is 224 g/mol. The molecule has 2 amide bonds. The fourth-order valence-electron chi connectivity index (χ4n) is 2.51. The molecule has 1 aromatic rings. The lowest BCUT2D eigenvalue weighted by atomic mass is 9.64. The molecule has 0 saturated heterocycles. The molecule has 0 atom stereocenters. The number of rotatable bonds is 5. The minimum absolute atomic E-state index is 0.0425. The maximum Gasteiger partial charge on any atom is 0.314 e. The molecule has 0 unspecified atom stereocenters. The zero-order chi connectivity index (χ0) is 12.8. The smallest absolute Gasteiger partial charge is 0.314 e. The van der Waals surface area contributed by atoms with Gasteiger partial charge in [-0.3, -0.25) is 0 Å². The highest BCUT2D eigenvalue weighted by atomic mass is 16.2. The van der Waals surface area contributed by atoms with Crippen molar-refractivity contribution in [3.05, 3.63) is 35.9 Å². The van der Waals surface area contributed by atoms with Crippen LogP contribution in [0.25, 0.3) is 0 Å². The van der Waals surface area contributed by atoms with Gasteiger partial charge in [-0.25, -0.2) is 4.79 Å². The van der Waals surface area contributed by atoms with Crippen LogP contribution in [0, 0.1) is 0 Å². The van der Waals surface area contributed by atoms with Gasteiger partial charge in [0.15, 0.2) is 0 Å². The highest BCUT2D eigenvalue weighted by Gasteiger charge is 2.38. The van der Waals surface area contributed by atoms with E-state index < -0.39 is 0 Å². The molecule has 3 nitrogen and oxygen atoms in total. The molecule has 1 aliphatic rings. The van der Waals surface area contributed by atoms with E-state index in [1.807, 2.05) is 6.07 Å². The Morgan fingerprint density at radius 3 is 2.50 bits per heavy atom. The van der Waals surface area contributed by atoms with E-state index in [0.29, 0.717) is 0 Å². The summed E-state index contributed by atoms with van der Waals surface area (Å²) in [6.45, 7) is 3.54. The molecule has 0 heterocycles. The average molecular weight is 246 g/mol. The summed E-state index contributed by atoms with van der Waals surface area (Å²) < 4.78 is 0. The van der Waals surface area contributed by atoms with Gasteiger partial charge in [0.25, 0.3) is 0 Å². The average Bonchev–Trinajstić information content (AvgIpc) is 2.36. The summed E-state index contributed by atoms with van der Waals surface area (Å²) >= 11 is 0. The second kappa shape index (κ2) is 5.89. The fraction of sp³-hybridized carbons (Fsp3) is 0.533. The molecule has 2 N–H and O–H groups in total.